The van der Waals surface area contributed by atoms with Gasteiger partial charge in [-0.05, 0) is 43.5 Å². The Hall–Kier alpha value is -2.33. The quantitative estimate of drug-likeness (QED) is 0.847. The SMILES string of the molecule is Cc1c(Cl)cccc1NC(=O)C1CC1C(=O)NC(C)c1ccccc1. The third-order valence-electron chi connectivity index (χ3n) is 4.65. The van der Waals surface area contributed by atoms with Crippen LogP contribution < -0.4 is 10.6 Å². The fourth-order valence-electron chi connectivity index (χ4n) is 2.89. The van der Waals surface area contributed by atoms with Gasteiger partial charge in [0.1, 0.15) is 0 Å². The molecule has 0 heterocycles. The Morgan fingerprint density at radius 1 is 1.04 bits per heavy atom. The maximum absolute atomic E-state index is 12.4. The van der Waals surface area contributed by atoms with E-state index in [0.29, 0.717) is 17.1 Å². The van der Waals surface area contributed by atoms with Crippen LogP contribution in [-0.4, -0.2) is 11.8 Å². The Morgan fingerprint density at radius 2 is 1.72 bits per heavy atom. The van der Waals surface area contributed by atoms with Crippen LogP contribution in [0.4, 0.5) is 5.69 Å². The van der Waals surface area contributed by atoms with E-state index < -0.39 is 0 Å². The van der Waals surface area contributed by atoms with Crippen LogP contribution in [0.5, 0.6) is 0 Å². The Bertz CT molecular complexity index is 792. The number of hydrogen-bond donors (Lipinski definition) is 2. The van der Waals surface area contributed by atoms with E-state index in [1.165, 1.54) is 0 Å². The van der Waals surface area contributed by atoms with Gasteiger partial charge in [0.05, 0.1) is 17.9 Å². The molecule has 0 saturated heterocycles. The maximum atomic E-state index is 12.4. The van der Waals surface area contributed by atoms with Crippen molar-refractivity contribution in [2.24, 2.45) is 11.8 Å². The van der Waals surface area contributed by atoms with Gasteiger partial charge >= 0.3 is 0 Å². The van der Waals surface area contributed by atoms with Crippen molar-refractivity contribution in [2.75, 3.05) is 5.32 Å². The van der Waals surface area contributed by atoms with Gasteiger partial charge in [0.2, 0.25) is 11.8 Å². The number of carbonyl (C=O) groups is 2. The summed E-state index contributed by atoms with van der Waals surface area (Å²) in [6.45, 7) is 3.80. The Balaban J connectivity index is 1.56. The molecule has 5 heteroatoms. The molecule has 3 rings (SSSR count). The number of nitrogens with one attached hydrogen (secondary N) is 2. The second-order valence-corrected chi connectivity index (χ2v) is 6.90. The lowest BCUT2D eigenvalue weighted by Gasteiger charge is -2.14. The van der Waals surface area contributed by atoms with Crippen molar-refractivity contribution < 1.29 is 9.59 Å². The molecule has 1 aliphatic carbocycles. The van der Waals surface area contributed by atoms with Crippen LogP contribution in [0.2, 0.25) is 5.02 Å². The molecule has 1 saturated carbocycles. The number of amides is 2. The van der Waals surface area contributed by atoms with E-state index in [4.69, 9.17) is 11.6 Å². The van der Waals surface area contributed by atoms with Gasteiger partial charge in [0.15, 0.2) is 0 Å². The molecule has 25 heavy (non-hydrogen) atoms. The highest BCUT2D eigenvalue weighted by atomic mass is 35.5. The van der Waals surface area contributed by atoms with Gasteiger partial charge in [-0.1, -0.05) is 48.0 Å². The summed E-state index contributed by atoms with van der Waals surface area (Å²) in [5, 5.41) is 6.48. The van der Waals surface area contributed by atoms with Crippen molar-refractivity contribution in [1.82, 2.24) is 5.32 Å². The van der Waals surface area contributed by atoms with Gasteiger partial charge in [-0.15, -0.1) is 0 Å². The second-order valence-electron chi connectivity index (χ2n) is 6.49. The van der Waals surface area contributed by atoms with Crippen LogP contribution in [0.3, 0.4) is 0 Å². The normalized spacial score (nSPS) is 19.8. The molecule has 1 aliphatic rings. The third-order valence-corrected chi connectivity index (χ3v) is 5.06. The lowest BCUT2D eigenvalue weighted by atomic mass is 10.1. The first-order valence-electron chi connectivity index (χ1n) is 8.38. The fourth-order valence-corrected chi connectivity index (χ4v) is 3.06. The topological polar surface area (TPSA) is 58.2 Å². The smallest absolute Gasteiger partial charge is 0.228 e. The van der Waals surface area contributed by atoms with Crippen molar-refractivity contribution in [3.63, 3.8) is 0 Å². The van der Waals surface area contributed by atoms with Crippen LogP contribution in [-0.2, 0) is 9.59 Å². The minimum atomic E-state index is -0.277. The van der Waals surface area contributed by atoms with Gasteiger partial charge in [-0.25, -0.2) is 0 Å². The highest BCUT2D eigenvalue weighted by Gasteiger charge is 2.48. The number of anilines is 1. The first kappa shape index (κ1) is 17.5. The fraction of sp³-hybridized carbons (Fsp3) is 0.300. The molecule has 2 aromatic rings. The van der Waals surface area contributed by atoms with Gasteiger partial charge in [0, 0.05) is 10.7 Å². The summed E-state index contributed by atoms with van der Waals surface area (Å²) in [5.41, 5.74) is 2.57. The van der Waals surface area contributed by atoms with Crippen molar-refractivity contribution in [3.05, 3.63) is 64.7 Å². The minimum Gasteiger partial charge on any atom is -0.349 e. The number of carbonyl (C=O) groups excluding carboxylic acids is 2. The summed E-state index contributed by atoms with van der Waals surface area (Å²) >= 11 is 6.07. The van der Waals surface area contributed by atoms with Crippen molar-refractivity contribution in [2.45, 2.75) is 26.3 Å². The van der Waals surface area contributed by atoms with Crippen molar-refractivity contribution in [3.8, 4) is 0 Å². The molecule has 0 aliphatic heterocycles. The van der Waals surface area contributed by atoms with Crippen LogP contribution in [0.25, 0.3) is 0 Å². The van der Waals surface area contributed by atoms with E-state index in [9.17, 15) is 9.59 Å². The predicted molar refractivity (Wildman–Crippen MR) is 99.4 cm³/mol. The van der Waals surface area contributed by atoms with E-state index in [1.54, 1.807) is 12.1 Å². The van der Waals surface area contributed by atoms with Gasteiger partial charge in [-0.2, -0.15) is 0 Å². The average molecular weight is 357 g/mol. The molecule has 0 aromatic heterocycles. The largest absolute Gasteiger partial charge is 0.349 e. The summed E-state index contributed by atoms with van der Waals surface area (Å²) in [6, 6.07) is 15.1. The molecule has 2 aromatic carbocycles. The molecular formula is C20H21ClN2O2. The van der Waals surface area contributed by atoms with E-state index in [2.05, 4.69) is 10.6 Å². The van der Waals surface area contributed by atoms with E-state index >= 15 is 0 Å². The van der Waals surface area contributed by atoms with E-state index in [-0.39, 0.29) is 29.7 Å². The van der Waals surface area contributed by atoms with Gasteiger partial charge in [-0.3, -0.25) is 9.59 Å². The van der Waals surface area contributed by atoms with Crippen molar-refractivity contribution in [1.29, 1.82) is 0 Å². The monoisotopic (exact) mass is 356 g/mol. The zero-order valence-electron chi connectivity index (χ0n) is 14.3. The zero-order valence-corrected chi connectivity index (χ0v) is 15.0. The number of benzene rings is 2. The van der Waals surface area contributed by atoms with Crippen LogP contribution in [0.15, 0.2) is 48.5 Å². The number of halogens is 1. The predicted octanol–water partition coefficient (Wildman–Crippen LogP) is 4.10. The molecule has 0 radical (unpaired) electrons. The van der Waals surface area contributed by atoms with E-state index in [1.807, 2.05) is 50.2 Å². The van der Waals surface area contributed by atoms with E-state index in [0.717, 1.165) is 11.1 Å². The molecule has 0 spiro atoms. The minimum absolute atomic E-state index is 0.0701. The molecule has 3 unspecified atom stereocenters. The molecule has 0 bridgehead atoms. The molecular weight excluding hydrogens is 336 g/mol. The summed E-state index contributed by atoms with van der Waals surface area (Å²) < 4.78 is 0. The highest BCUT2D eigenvalue weighted by Crippen LogP contribution is 2.40. The average Bonchev–Trinajstić information content (AvgIpc) is 3.40. The maximum Gasteiger partial charge on any atom is 0.228 e. The van der Waals surface area contributed by atoms with Crippen LogP contribution >= 0.6 is 11.6 Å². The third kappa shape index (κ3) is 4.02. The van der Waals surface area contributed by atoms with Crippen LogP contribution in [0, 0.1) is 18.8 Å². The second kappa shape index (κ2) is 7.28. The summed E-state index contributed by atoms with van der Waals surface area (Å²) in [6.07, 6.45) is 0.582. The molecule has 1 fully saturated rings. The lowest BCUT2D eigenvalue weighted by molar-refractivity contribution is -0.125. The highest BCUT2D eigenvalue weighted by molar-refractivity contribution is 6.31. The summed E-state index contributed by atoms with van der Waals surface area (Å²) in [4.78, 5) is 24.7. The molecule has 2 amide bonds. The first-order chi connectivity index (χ1) is 12.0. The zero-order chi connectivity index (χ0) is 18.0. The summed E-state index contributed by atoms with van der Waals surface area (Å²) in [5.74, 6) is -0.732. The Labute approximate surface area is 152 Å². The molecule has 2 N–H and O–H groups in total. The standard InChI is InChI=1S/C20H21ClN2O2/c1-12-17(21)9-6-10-18(12)23-20(25)16-11-15(16)19(24)22-13(2)14-7-4-3-5-8-14/h3-10,13,15-16H,11H2,1-2H3,(H,22,24)(H,23,25). The summed E-state index contributed by atoms with van der Waals surface area (Å²) in [7, 11) is 0. The lowest BCUT2D eigenvalue weighted by Crippen LogP contribution is -2.29. The van der Waals surface area contributed by atoms with Crippen LogP contribution in [0.1, 0.15) is 30.5 Å². The van der Waals surface area contributed by atoms with Gasteiger partial charge in [0.25, 0.3) is 0 Å². The molecule has 130 valence electrons. The van der Waals surface area contributed by atoms with Gasteiger partial charge < -0.3 is 10.6 Å². The first-order valence-corrected chi connectivity index (χ1v) is 8.76. The Morgan fingerprint density at radius 3 is 2.44 bits per heavy atom. The Kier molecular flexibility index (Phi) is 5.09. The molecule has 3 atom stereocenters. The van der Waals surface area contributed by atoms with Crippen molar-refractivity contribution >= 4 is 29.1 Å². The molecule has 4 nitrogen and oxygen atoms in total. The number of rotatable bonds is 5. The number of hydrogen-bond acceptors (Lipinski definition) is 2.